The van der Waals surface area contributed by atoms with E-state index in [1.807, 2.05) is 45.0 Å². The molecule has 6 heteroatoms. The van der Waals surface area contributed by atoms with Crippen molar-refractivity contribution in [1.82, 2.24) is 10.3 Å². The number of fused-ring (bicyclic) bond motifs is 2. The van der Waals surface area contributed by atoms with Gasteiger partial charge >= 0.3 is 5.63 Å². The number of carbonyl (C=O) groups excluding carboxylic acids is 1. The molecule has 1 amide bonds. The van der Waals surface area contributed by atoms with E-state index in [-0.39, 0.29) is 17.9 Å². The summed E-state index contributed by atoms with van der Waals surface area (Å²) < 4.78 is 11.6. The van der Waals surface area contributed by atoms with Crippen LogP contribution in [0.25, 0.3) is 11.0 Å². The van der Waals surface area contributed by atoms with Crippen molar-refractivity contribution in [1.29, 1.82) is 0 Å². The number of carbonyl (C=O) groups is 1. The van der Waals surface area contributed by atoms with Crippen LogP contribution < -0.4 is 15.7 Å². The van der Waals surface area contributed by atoms with Gasteiger partial charge in [0, 0.05) is 17.6 Å². The van der Waals surface area contributed by atoms with Crippen molar-refractivity contribution in [2.45, 2.75) is 52.2 Å². The molecule has 2 aromatic heterocycles. The number of ether oxygens (including phenoxy) is 1. The maximum absolute atomic E-state index is 12.6. The first-order valence-corrected chi connectivity index (χ1v) is 9.77. The third-order valence-electron chi connectivity index (χ3n) is 5.38. The van der Waals surface area contributed by atoms with Gasteiger partial charge in [-0.15, -0.1) is 0 Å². The highest BCUT2D eigenvalue weighted by molar-refractivity contribution is 5.86. The van der Waals surface area contributed by atoms with Crippen molar-refractivity contribution in [3.8, 4) is 5.75 Å². The van der Waals surface area contributed by atoms with E-state index in [9.17, 15) is 9.59 Å². The van der Waals surface area contributed by atoms with Crippen molar-refractivity contribution >= 4 is 16.9 Å². The fourth-order valence-corrected chi connectivity index (χ4v) is 3.66. The van der Waals surface area contributed by atoms with Gasteiger partial charge in [0.2, 0.25) is 5.91 Å². The summed E-state index contributed by atoms with van der Waals surface area (Å²) in [4.78, 5) is 29.1. The summed E-state index contributed by atoms with van der Waals surface area (Å²) in [5.41, 5.74) is 2.78. The molecular weight excluding hydrogens is 368 g/mol. The highest BCUT2D eigenvalue weighted by Crippen LogP contribution is 2.36. The molecular formula is C23H24N2O4. The highest BCUT2D eigenvalue weighted by atomic mass is 16.5. The Hall–Kier alpha value is -3.15. The summed E-state index contributed by atoms with van der Waals surface area (Å²) in [6, 6.07) is 9.34. The van der Waals surface area contributed by atoms with Gasteiger partial charge in [0.05, 0.1) is 24.2 Å². The zero-order chi connectivity index (χ0) is 20.6. The quantitative estimate of drug-likeness (QED) is 0.688. The van der Waals surface area contributed by atoms with Crippen molar-refractivity contribution in [3.63, 3.8) is 0 Å². The summed E-state index contributed by atoms with van der Waals surface area (Å²) >= 11 is 0. The first-order chi connectivity index (χ1) is 13.8. The van der Waals surface area contributed by atoms with E-state index < -0.39 is 5.63 Å². The minimum atomic E-state index is -0.488. The van der Waals surface area contributed by atoms with Crippen LogP contribution >= 0.6 is 0 Å². The monoisotopic (exact) mass is 392 g/mol. The summed E-state index contributed by atoms with van der Waals surface area (Å²) in [5.74, 6) is 0.519. The third-order valence-corrected chi connectivity index (χ3v) is 5.38. The van der Waals surface area contributed by atoms with E-state index in [1.165, 1.54) is 0 Å². The van der Waals surface area contributed by atoms with E-state index >= 15 is 0 Å². The molecule has 0 bridgehead atoms. The summed E-state index contributed by atoms with van der Waals surface area (Å²) in [7, 11) is 0. The lowest BCUT2D eigenvalue weighted by atomic mass is 9.92. The first kappa shape index (κ1) is 19.2. The lowest BCUT2D eigenvalue weighted by molar-refractivity contribution is -0.120. The lowest BCUT2D eigenvalue weighted by Crippen LogP contribution is -2.32. The Balaban J connectivity index is 1.60. The summed E-state index contributed by atoms with van der Waals surface area (Å²) in [6.45, 7) is 6.28. The van der Waals surface area contributed by atoms with Crippen LogP contribution in [0.1, 0.15) is 42.7 Å². The van der Waals surface area contributed by atoms with E-state index in [1.54, 1.807) is 12.3 Å². The molecule has 1 N–H and O–H groups in total. The second-order valence-corrected chi connectivity index (χ2v) is 8.09. The van der Waals surface area contributed by atoms with Crippen LogP contribution in [-0.2, 0) is 24.2 Å². The standard InChI is InChI=1S/C23H24N2O4/c1-14-17-10-15-7-8-23(2,3)29-19(15)12-20(17)28-22(27)18(14)11-21(26)25-13-16-6-4-5-9-24-16/h4-6,9-10,12H,7-8,11,13H2,1-3H3,(H,25,26). The second-order valence-electron chi connectivity index (χ2n) is 8.09. The van der Waals surface area contributed by atoms with Gasteiger partial charge in [-0.1, -0.05) is 6.07 Å². The van der Waals surface area contributed by atoms with Gasteiger partial charge in [-0.3, -0.25) is 9.78 Å². The van der Waals surface area contributed by atoms with Gasteiger partial charge in [0.25, 0.3) is 0 Å². The van der Waals surface area contributed by atoms with Crippen molar-refractivity contribution in [2.75, 3.05) is 0 Å². The molecule has 0 atom stereocenters. The number of aromatic nitrogens is 1. The zero-order valence-corrected chi connectivity index (χ0v) is 16.9. The van der Waals surface area contributed by atoms with Crippen LogP contribution in [0.3, 0.4) is 0 Å². The largest absolute Gasteiger partial charge is 0.487 e. The number of nitrogens with zero attached hydrogens (tertiary/aromatic N) is 1. The van der Waals surface area contributed by atoms with Gasteiger partial charge in [0.1, 0.15) is 16.9 Å². The number of amides is 1. The molecule has 1 aliphatic rings. The van der Waals surface area contributed by atoms with Gasteiger partial charge < -0.3 is 14.5 Å². The molecule has 29 heavy (non-hydrogen) atoms. The average Bonchev–Trinajstić information content (AvgIpc) is 2.68. The number of nitrogens with one attached hydrogen (secondary N) is 1. The van der Waals surface area contributed by atoms with Gasteiger partial charge in [0.15, 0.2) is 0 Å². The molecule has 0 aliphatic carbocycles. The Bertz CT molecular complexity index is 1130. The van der Waals surface area contributed by atoms with Crippen molar-refractivity contribution < 1.29 is 13.9 Å². The molecule has 3 aromatic rings. The molecule has 0 saturated heterocycles. The highest BCUT2D eigenvalue weighted by Gasteiger charge is 2.27. The Morgan fingerprint density at radius 3 is 2.86 bits per heavy atom. The zero-order valence-electron chi connectivity index (χ0n) is 16.9. The molecule has 0 radical (unpaired) electrons. The number of aryl methyl sites for hydroxylation is 2. The van der Waals surface area contributed by atoms with Gasteiger partial charge in [-0.05, 0) is 62.9 Å². The average molecular weight is 392 g/mol. The number of pyridine rings is 1. The van der Waals surface area contributed by atoms with Gasteiger partial charge in [-0.25, -0.2) is 4.79 Å². The fraction of sp³-hybridized carbons (Fsp3) is 0.348. The van der Waals surface area contributed by atoms with Crippen molar-refractivity contribution in [2.24, 2.45) is 0 Å². The van der Waals surface area contributed by atoms with Crippen molar-refractivity contribution in [3.05, 3.63) is 69.3 Å². The summed E-state index contributed by atoms with van der Waals surface area (Å²) in [6.07, 6.45) is 3.47. The van der Waals surface area contributed by atoms with Crippen LogP contribution in [0.2, 0.25) is 0 Å². The molecule has 0 unspecified atom stereocenters. The molecule has 0 fully saturated rings. The first-order valence-electron chi connectivity index (χ1n) is 9.77. The lowest BCUT2D eigenvalue weighted by Gasteiger charge is -2.32. The normalized spacial score (nSPS) is 14.9. The van der Waals surface area contributed by atoms with Crippen LogP contribution in [0.15, 0.2) is 45.7 Å². The predicted octanol–water partition coefficient (Wildman–Crippen LogP) is 3.46. The second kappa shape index (κ2) is 7.35. The van der Waals surface area contributed by atoms with Gasteiger partial charge in [-0.2, -0.15) is 0 Å². The number of rotatable bonds is 4. The topological polar surface area (TPSA) is 81.4 Å². The molecule has 1 aliphatic heterocycles. The van der Waals surface area contributed by atoms with E-state index in [0.29, 0.717) is 17.7 Å². The van der Waals surface area contributed by atoms with Crippen LogP contribution in [0.4, 0.5) is 0 Å². The summed E-state index contributed by atoms with van der Waals surface area (Å²) in [5, 5.41) is 3.65. The SMILES string of the molecule is Cc1c(CC(=O)NCc2ccccn2)c(=O)oc2cc3c(cc12)CCC(C)(C)O3. The molecule has 4 rings (SSSR count). The predicted molar refractivity (Wildman–Crippen MR) is 110 cm³/mol. The number of hydrogen-bond donors (Lipinski definition) is 1. The number of benzene rings is 1. The Morgan fingerprint density at radius 1 is 1.28 bits per heavy atom. The Kier molecular flexibility index (Phi) is 4.86. The molecule has 1 aromatic carbocycles. The Morgan fingerprint density at radius 2 is 2.10 bits per heavy atom. The molecule has 150 valence electrons. The number of hydrogen-bond acceptors (Lipinski definition) is 5. The maximum atomic E-state index is 12.6. The van der Waals surface area contributed by atoms with Crippen LogP contribution in [0, 0.1) is 6.92 Å². The molecule has 0 spiro atoms. The van der Waals surface area contributed by atoms with Crippen LogP contribution in [-0.4, -0.2) is 16.5 Å². The van der Waals surface area contributed by atoms with Crippen LogP contribution in [0.5, 0.6) is 5.75 Å². The minimum Gasteiger partial charge on any atom is -0.487 e. The minimum absolute atomic E-state index is 0.0302. The molecule has 3 heterocycles. The molecule has 6 nitrogen and oxygen atoms in total. The third kappa shape index (κ3) is 4.01. The maximum Gasteiger partial charge on any atom is 0.340 e. The van der Waals surface area contributed by atoms with E-state index in [4.69, 9.17) is 9.15 Å². The smallest absolute Gasteiger partial charge is 0.340 e. The Labute approximate surface area is 168 Å². The molecule has 0 saturated carbocycles. The van der Waals surface area contributed by atoms with E-state index in [0.717, 1.165) is 40.8 Å². The fourth-order valence-electron chi connectivity index (χ4n) is 3.66. The van der Waals surface area contributed by atoms with E-state index in [2.05, 4.69) is 10.3 Å².